The van der Waals surface area contributed by atoms with Gasteiger partial charge in [-0.2, -0.15) is 5.26 Å². The fraction of sp³-hybridized carbons (Fsp3) is 0.184. The fourth-order valence-electron chi connectivity index (χ4n) is 7.00. The first-order chi connectivity index (χ1) is 20.7. The molecule has 43 heavy (non-hydrogen) atoms. The molecule has 1 aliphatic carbocycles. The lowest BCUT2D eigenvalue weighted by atomic mass is 9.66. The van der Waals surface area contributed by atoms with E-state index in [1.807, 2.05) is 30.0 Å². The molecular formula is C38H30BNO2S. The first kappa shape index (κ1) is 26.5. The van der Waals surface area contributed by atoms with Gasteiger partial charge in [0.05, 0.1) is 28.2 Å². The molecule has 0 aromatic heterocycles. The molecule has 208 valence electrons. The van der Waals surface area contributed by atoms with Crippen LogP contribution < -0.4 is 5.46 Å². The molecule has 0 radical (unpaired) electrons. The van der Waals surface area contributed by atoms with Crippen LogP contribution in [-0.2, 0) is 14.7 Å². The molecule has 5 heteroatoms. The SMILES string of the molecule is CC1(C)OB(c2ccc3c(c2)-c2cc(-c4cccc(C#N)c4)ccc2C32c3ccccc3Sc3ccccc32)OC1(C)C. The van der Waals surface area contributed by atoms with Crippen LogP contribution in [0.4, 0.5) is 0 Å². The minimum atomic E-state index is -0.454. The molecule has 1 spiro atoms. The van der Waals surface area contributed by atoms with Gasteiger partial charge in [0.1, 0.15) is 0 Å². The van der Waals surface area contributed by atoms with Crippen LogP contribution in [-0.4, -0.2) is 18.3 Å². The third-order valence-corrected chi connectivity index (χ3v) is 11.0. The van der Waals surface area contributed by atoms with Crippen LogP contribution in [0.25, 0.3) is 22.3 Å². The summed E-state index contributed by atoms with van der Waals surface area (Å²) in [6.45, 7) is 8.39. The van der Waals surface area contributed by atoms with E-state index in [1.54, 1.807) is 0 Å². The maximum absolute atomic E-state index is 9.58. The smallest absolute Gasteiger partial charge is 0.399 e. The molecule has 0 atom stereocenters. The van der Waals surface area contributed by atoms with Gasteiger partial charge in [-0.1, -0.05) is 90.6 Å². The summed E-state index contributed by atoms with van der Waals surface area (Å²) in [6.07, 6.45) is 0. The minimum absolute atomic E-state index is 0.423. The van der Waals surface area contributed by atoms with Gasteiger partial charge in [0.15, 0.2) is 0 Å². The maximum atomic E-state index is 9.58. The van der Waals surface area contributed by atoms with Gasteiger partial charge in [0.25, 0.3) is 0 Å². The van der Waals surface area contributed by atoms with Gasteiger partial charge in [-0.25, -0.2) is 0 Å². The van der Waals surface area contributed by atoms with Gasteiger partial charge < -0.3 is 9.31 Å². The molecule has 3 aliphatic rings. The highest BCUT2D eigenvalue weighted by atomic mass is 32.2. The van der Waals surface area contributed by atoms with Gasteiger partial charge in [0, 0.05) is 9.79 Å². The zero-order valence-corrected chi connectivity index (χ0v) is 25.5. The minimum Gasteiger partial charge on any atom is -0.399 e. The van der Waals surface area contributed by atoms with Crippen LogP contribution in [0.1, 0.15) is 55.5 Å². The van der Waals surface area contributed by atoms with Crippen molar-refractivity contribution in [3.8, 4) is 28.3 Å². The first-order valence-corrected chi connectivity index (χ1v) is 15.6. The summed E-state index contributed by atoms with van der Waals surface area (Å²) in [5.41, 5.74) is 10.0. The molecule has 0 N–H and O–H groups in total. The number of nitriles is 1. The van der Waals surface area contributed by atoms with E-state index in [1.165, 1.54) is 43.2 Å². The highest BCUT2D eigenvalue weighted by Crippen LogP contribution is 2.62. The van der Waals surface area contributed by atoms with Crippen LogP contribution >= 0.6 is 11.8 Å². The molecule has 2 heterocycles. The topological polar surface area (TPSA) is 42.2 Å². The Kier molecular flexibility index (Phi) is 5.69. The summed E-state index contributed by atoms with van der Waals surface area (Å²) in [5.74, 6) is 0. The summed E-state index contributed by atoms with van der Waals surface area (Å²) in [7, 11) is -0.452. The van der Waals surface area contributed by atoms with Crippen molar-refractivity contribution in [3.05, 3.63) is 137 Å². The summed E-state index contributed by atoms with van der Waals surface area (Å²) in [4.78, 5) is 2.56. The van der Waals surface area contributed by atoms with Crippen molar-refractivity contribution < 1.29 is 9.31 Å². The lowest BCUT2D eigenvalue weighted by Gasteiger charge is -2.39. The van der Waals surface area contributed by atoms with Crippen LogP contribution in [0, 0.1) is 11.3 Å². The molecule has 0 saturated carbocycles. The fourth-order valence-corrected chi connectivity index (χ4v) is 8.19. The first-order valence-electron chi connectivity index (χ1n) is 14.8. The molecule has 1 saturated heterocycles. The predicted molar refractivity (Wildman–Crippen MR) is 174 cm³/mol. The van der Waals surface area contributed by atoms with Gasteiger partial charge in [-0.05, 0) is 108 Å². The Labute approximate surface area is 257 Å². The molecule has 2 aliphatic heterocycles. The van der Waals surface area contributed by atoms with E-state index in [4.69, 9.17) is 9.31 Å². The Morgan fingerprint density at radius 3 is 1.84 bits per heavy atom. The Morgan fingerprint density at radius 2 is 1.19 bits per heavy atom. The standard InChI is InChI=1S/C38H30BNO2S/c1-36(2)37(3,4)42-39(41-36)27-17-19-31-29(22-27)28-21-26(25-11-9-10-24(20-25)23-40)16-18-30(28)38(31)32-12-5-7-14-34(32)43-35-15-8-6-13-33(35)38/h5-22H,1-4H3. The van der Waals surface area contributed by atoms with Crippen LogP contribution in [0.5, 0.6) is 0 Å². The second-order valence-corrected chi connectivity index (χ2v) is 13.8. The monoisotopic (exact) mass is 575 g/mol. The van der Waals surface area contributed by atoms with Crippen LogP contribution in [0.15, 0.2) is 119 Å². The van der Waals surface area contributed by atoms with E-state index in [0.717, 1.165) is 16.6 Å². The molecular weight excluding hydrogens is 545 g/mol. The number of rotatable bonds is 2. The van der Waals surface area contributed by atoms with Crippen molar-refractivity contribution in [2.45, 2.75) is 54.1 Å². The molecule has 5 aromatic carbocycles. The quantitative estimate of drug-likeness (QED) is 0.194. The summed E-state index contributed by atoms with van der Waals surface area (Å²) >= 11 is 1.85. The second-order valence-electron chi connectivity index (χ2n) is 12.7. The van der Waals surface area contributed by atoms with Gasteiger partial charge in [0.2, 0.25) is 0 Å². The maximum Gasteiger partial charge on any atom is 0.494 e. The van der Waals surface area contributed by atoms with Gasteiger partial charge >= 0.3 is 7.12 Å². The Bertz CT molecular complexity index is 1940. The molecule has 3 nitrogen and oxygen atoms in total. The van der Waals surface area contributed by atoms with E-state index in [9.17, 15) is 5.26 Å². The zero-order chi connectivity index (χ0) is 29.6. The normalized spacial score (nSPS) is 18.0. The van der Waals surface area contributed by atoms with E-state index >= 15 is 0 Å². The van der Waals surface area contributed by atoms with E-state index in [-0.39, 0.29) is 0 Å². The highest BCUT2D eigenvalue weighted by molar-refractivity contribution is 7.99. The van der Waals surface area contributed by atoms with E-state index < -0.39 is 23.7 Å². The van der Waals surface area contributed by atoms with E-state index in [2.05, 4.69) is 125 Å². The molecule has 8 rings (SSSR count). The number of fused-ring (bicyclic) bond motifs is 9. The van der Waals surface area contributed by atoms with Gasteiger partial charge in [-0.15, -0.1) is 0 Å². The number of hydrogen-bond donors (Lipinski definition) is 0. The molecule has 5 aromatic rings. The predicted octanol–water partition coefficient (Wildman–Crippen LogP) is 8.35. The third-order valence-electron chi connectivity index (χ3n) is 9.81. The van der Waals surface area contributed by atoms with E-state index in [0.29, 0.717) is 5.56 Å². The molecule has 0 bridgehead atoms. The summed E-state index contributed by atoms with van der Waals surface area (Å²) < 4.78 is 13.0. The molecule has 1 fully saturated rings. The van der Waals surface area contributed by atoms with Gasteiger partial charge in [-0.3, -0.25) is 0 Å². The average molecular weight is 576 g/mol. The Morgan fingerprint density at radius 1 is 0.605 bits per heavy atom. The van der Waals surface area contributed by atoms with Crippen molar-refractivity contribution in [3.63, 3.8) is 0 Å². The Hall–Kier alpha value is -4.08. The molecule has 0 unspecified atom stereocenters. The third kappa shape index (κ3) is 3.71. The number of hydrogen-bond acceptors (Lipinski definition) is 4. The number of benzene rings is 5. The lowest BCUT2D eigenvalue weighted by Crippen LogP contribution is -2.41. The van der Waals surface area contributed by atoms with Crippen molar-refractivity contribution >= 4 is 24.3 Å². The van der Waals surface area contributed by atoms with Crippen LogP contribution in [0.2, 0.25) is 0 Å². The summed E-state index contributed by atoms with van der Waals surface area (Å²) in [6, 6.07) is 41.4. The number of nitrogens with zero attached hydrogens (tertiary/aromatic N) is 1. The van der Waals surface area contributed by atoms with Crippen molar-refractivity contribution in [2.75, 3.05) is 0 Å². The zero-order valence-electron chi connectivity index (χ0n) is 24.6. The average Bonchev–Trinajstić information content (AvgIpc) is 3.43. The second kappa shape index (κ2) is 9.21. The lowest BCUT2D eigenvalue weighted by molar-refractivity contribution is 0.00578. The van der Waals surface area contributed by atoms with Crippen molar-refractivity contribution in [2.24, 2.45) is 0 Å². The molecule has 0 amide bonds. The van der Waals surface area contributed by atoms with Crippen LogP contribution in [0.3, 0.4) is 0 Å². The summed E-state index contributed by atoms with van der Waals surface area (Å²) in [5, 5.41) is 9.58. The van der Waals surface area contributed by atoms with Crippen molar-refractivity contribution in [1.29, 1.82) is 5.26 Å². The Balaban J connectivity index is 1.41. The largest absolute Gasteiger partial charge is 0.494 e. The van der Waals surface area contributed by atoms with Crippen molar-refractivity contribution in [1.82, 2.24) is 0 Å². The highest BCUT2D eigenvalue weighted by Gasteiger charge is 2.53.